The molecule has 31 heavy (non-hydrogen) atoms. The standard InChI is InChI=1S/C23H23IN2O4S/c1-3-29-22-14-19(13-21(24)23(22)30-16-18-7-5-4-6-8-18)15-25-26-31(27,28)20-11-9-17(2)10-12-20/h4-15,26H,3,16H2,1-2H3/b25-15-. The van der Waals surface area contributed by atoms with Gasteiger partial charge < -0.3 is 9.47 Å². The Morgan fingerprint density at radius 1 is 1.03 bits per heavy atom. The molecule has 0 fully saturated rings. The lowest BCUT2D eigenvalue weighted by molar-refractivity contribution is 0.267. The molecule has 0 aromatic heterocycles. The van der Waals surface area contributed by atoms with Crippen molar-refractivity contribution in [3.8, 4) is 11.5 Å². The van der Waals surface area contributed by atoms with Gasteiger partial charge in [0.15, 0.2) is 11.5 Å². The topological polar surface area (TPSA) is 77.0 Å². The molecule has 0 aliphatic rings. The Kier molecular flexibility index (Phi) is 7.91. The average molecular weight is 550 g/mol. The first-order valence-corrected chi connectivity index (χ1v) is 12.2. The Morgan fingerprint density at radius 3 is 2.42 bits per heavy atom. The molecule has 162 valence electrons. The summed E-state index contributed by atoms with van der Waals surface area (Å²) in [6.45, 7) is 4.68. The third-order valence-electron chi connectivity index (χ3n) is 4.28. The molecule has 0 heterocycles. The van der Waals surface area contributed by atoms with E-state index >= 15 is 0 Å². The number of sulfonamides is 1. The van der Waals surface area contributed by atoms with Crippen molar-refractivity contribution in [3.63, 3.8) is 0 Å². The number of hydrogen-bond acceptors (Lipinski definition) is 5. The van der Waals surface area contributed by atoms with Gasteiger partial charge in [-0.1, -0.05) is 48.0 Å². The van der Waals surface area contributed by atoms with E-state index in [0.29, 0.717) is 30.3 Å². The Balaban J connectivity index is 1.76. The maximum absolute atomic E-state index is 12.4. The second-order valence-electron chi connectivity index (χ2n) is 6.70. The third-order valence-corrected chi connectivity index (χ3v) is 6.32. The zero-order valence-electron chi connectivity index (χ0n) is 17.2. The van der Waals surface area contributed by atoms with Gasteiger partial charge in [-0.05, 0) is 71.8 Å². The molecule has 3 aromatic carbocycles. The molecular formula is C23H23IN2O4S. The molecule has 1 N–H and O–H groups in total. The van der Waals surface area contributed by atoms with E-state index < -0.39 is 10.0 Å². The van der Waals surface area contributed by atoms with E-state index in [4.69, 9.17) is 9.47 Å². The maximum Gasteiger partial charge on any atom is 0.276 e. The average Bonchev–Trinajstić information content (AvgIpc) is 2.74. The fourth-order valence-corrected chi connectivity index (χ4v) is 4.31. The minimum absolute atomic E-state index is 0.157. The summed E-state index contributed by atoms with van der Waals surface area (Å²) < 4.78 is 37.3. The van der Waals surface area contributed by atoms with Gasteiger partial charge in [0.05, 0.1) is 21.3 Å². The van der Waals surface area contributed by atoms with E-state index in [1.165, 1.54) is 6.21 Å². The van der Waals surface area contributed by atoms with Crippen LogP contribution in [0.15, 0.2) is 76.7 Å². The first-order valence-electron chi connectivity index (χ1n) is 9.63. The second-order valence-corrected chi connectivity index (χ2v) is 9.53. The highest BCUT2D eigenvalue weighted by atomic mass is 127. The molecule has 0 unspecified atom stereocenters. The predicted octanol–water partition coefficient (Wildman–Crippen LogP) is 4.89. The Labute approximate surface area is 196 Å². The molecular weight excluding hydrogens is 527 g/mol. The van der Waals surface area contributed by atoms with Crippen LogP contribution in [0.3, 0.4) is 0 Å². The fraction of sp³-hybridized carbons (Fsp3) is 0.174. The summed E-state index contributed by atoms with van der Waals surface area (Å²) in [5.41, 5.74) is 2.72. The van der Waals surface area contributed by atoms with Crippen LogP contribution in [0.4, 0.5) is 0 Å². The van der Waals surface area contributed by atoms with Gasteiger partial charge in [0.2, 0.25) is 0 Å². The molecule has 0 saturated carbocycles. The Bertz CT molecular complexity index is 1150. The van der Waals surface area contributed by atoms with E-state index in [2.05, 4.69) is 32.5 Å². The highest BCUT2D eigenvalue weighted by molar-refractivity contribution is 14.1. The molecule has 0 aliphatic heterocycles. The predicted molar refractivity (Wildman–Crippen MR) is 130 cm³/mol. The summed E-state index contributed by atoms with van der Waals surface area (Å²) in [7, 11) is -3.73. The van der Waals surface area contributed by atoms with E-state index in [9.17, 15) is 8.42 Å². The number of benzene rings is 3. The first kappa shape index (κ1) is 23.1. The molecule has 0 aliphatic carbocycles. The summed E-state index contributed by atoms with van der Waals surface area (Å²) in [4.78, 5) is 2.40. The van der Waals surface area contributed by atoms with Crippen LogP contribution in [0.1, 0.15) is 23.6 Å². The quantitative estimate of drug-likeness (QED) is 0.234. The van der Waals surface area contributed by atoms with Gasteiger partial charge in [-0.3, -0.25) is 0 Å². The van der Waals surface area contributed by atoms with Crippen molar-refractivity contribution in [1.29, 1.82) is 0 Å². The number of nitrogens with one attached hydrogen (secondary N) is 1. The van der Waals surface area contributed by atoms with Crippen LogP contribution in [0.5, 0.6) is 11.5 Å². The van der Waals surface area contributed by atoms with Gasteiger partial charge in [0.1, 0.15) is 6.61 Å². The van der Waals surface area contributed by atoms with Gasteiger partial charge in [-0.15, -0.1) is 0 Å². The summed E-state index contributed by atoms with van der Waals surface area (Å²) in [5, 5.41) is 3.92. The smallest absolute Gasteiger partial charge is 0.276 e. The zero-order chi connectivity index (χ0) is 22.3. The molecule has 0 saturated heterocycles. The zero-order valence-corrected chi connectivity index (χ0v) is 20.2. The van der Waals surface area contributed by atoms with Gasteiger partial charge in [-0.2, -0.15) is 13.5 Å². The van der Waals surface area contributed by atoms with Crippen LogP contribution < -0.4 is 14.3 Å². The van der Waals surface area contributed by atoms with Crippen molar-refractivity contribution < 1.29 is 17.9 Å². The lowest BCUT2D eigenvalue weighted by atomic mass is 10.2. The first-order chi connectivity index (χ1) is 14.9. The van der Waals surface area contributed by atoms with Crippen molar-refractivity contribution in [2.75, 3.05) is 6.61 Å². The number of halogens is 1. The number of ether oxygens (including phenoxy) is 2. The lowest BCUT2D eigenvalue weighted by Crippen LogP contribution is -2.18. The number of hydrogen-bond donors (Lipinski definition) is 1. The molecule has 3 rings (SSSR count). The molecule has 0 atom stereocenters. The van der Waals surface area contributed by atoms with Crippen LogP contribution in [-0.2, 0) is 16.6 Å². The monoisotopic (exact) mass is 550 g/mol. The van der Waals surface area contributed by atoms with Crippen molar-refractivity contribution in [3.05, 3.63) is 87.0 Å². The molecule has 3 aromatic rings. The van der Waals surface area contributed by atoms with E-state index in [1.807, 2.05) is 50.2 Å². The van der Waals surface area contributed by atoms with Crippen LogP contribution >= 0.6 is 22.6 Å². The van der Waals surface area contributed by atoms with Crippen LogP contribution in [0, 0.1) is 10.5 Å². The lowest BCUT2D eigenvalue weighted by Gasteiger charge is -2.14. The largest absolute Gasteiger partial charge is 0.490 e. The Hall–Kier alpha value is -2.59. The minimum Gasteiger partial charge on any atom is -0.490 e. The van der Waals surface area contributed by atoms with E-state index in [-0.39, 0.29) is 4.90 Å². The molecule has 6 nitrogen and oxygen atoms in total. The highest BCUT2D eigenvalue weighted by Gasteiger charge is 2.14. The summed E-state index contributed by atoms with van der Waals surface area (Å²) >= 11 is 2.17. The SMILES string of the molecule is CCOc1cc(/C=N\NS(=O)(=O)c2ccc(C)cc2)cc(I)c1OCc1ccccc1. The van der Waals surface area contributed by atoms with Gasteiger partial charge in [0, 0.05) is 0 Å². The van der Waals surface area contributed by atoms with E-state index in [1.54, 1.807) is 30.3 Å². The van der Waals surface area contributed by atoms with Crippen LogP contribution in [0.2, 0.25) is 0 Å². The molecule has 0 spiro atoms. The molecule has 0 amide bonds. The Morgan fingerprint density at radius 2 is 1.74 bits per heavy atom. The van der Waals surface area contributed by atoms with Gasteiger partial charge >= 0.3 is 0 Å². The van der Waals surface area contributed by atoms with Crippen molar-refractivity contribution in [1.82, 2.24) is 4.83 Å². The van der Waals surface area contributed by atoms with Crippen molar-refractivity contribution >= 4 is 38.8 Å². The number of aryl methyl sites for hydroxylation is 1. The normalized spacial score (nSPS) is 11.5. The van der Waals surface area contributed by atoms with Crippen molar-refractivity contribution in [2.24, 2.45) is 5.10 Å². The fourth-order valence-electron chi connectivity index (χ4n) is 2.74. The summed E-state index contributed by atoms with van der Waals surface area (Å²) in [6.07, 6.45) is 1.44. The van der Waals surface area contributed by atoms with Gasteiger partial charge in [-0.25, -0.2) is 4.83 Å². The second kappa shape index (κ2) is 10.6. The molecule has 0 radical (unpaired) electrons. The highest BCUT2D eigenvalue weighted by Crippen LogP contribution is 2.34. The van der Waals surface area contributed by atoms with Gasteiger partial charge in [0.25, 0.3) is 10.0 Å². The number of hydrazone groups is 1. The van der Waals surface area contributed by atoms with Crippen LogP contribution in [0.25, 0.3) is 0 Å². The minimum atomic E-state index is -3.73. The maximum atomic E-state index is 12.4. The third kappa shape index (κ3) is 6.44. The summed E-state index contributed by atoms with van der Waals surface area (Å²) in [5.74, 6) is 1.22. The molecule has 0 bridgehead atoms. The number of rotatable bonds is 9. The van der Waals surface area contributed by atoms with Crippen LogP contribution in [-0.4, -0.2) is 21.2 Å². The van der Waals surface area contributed by atoms with Crippen molar-refractivity contribution in [2.45, 2.75) is 25.3 Å². The number of nitrogens with zero attached hydrogens (tertiary/aromatic N) is 1. The summed E-state index contributed by atoms with van der Waals surface area (Å²) in [6, 6.07) is 20.1. The molecule has 8 heteroatoms. The van der Waals surface area contributed by atoms with E-state index in [0.717, 1.165) is 14.7 Å².